The Balaban J connectivity index is 1.38. The number of phenols is 1. The number of likely N-dealkylation sites (tertiary alicyclic amines) is 1. The molecule has 1 saturated carbocycles. The first-order valence-corrected chi connectivity index (χ1v) is 15.1. The van der Waals surface area contributed by atoms with Crippen molar-refractivity contribution in [3.8, 4) is 5.75 Å². The number of allylic oxidation sites excluding steroid dienone is 2. The molecule has 0 bridgehead atoms. The maximum absolute atomic E-state index is 14.4. The van der Waals surface area contributed by atoms with Crippen LogP contribution in [0.2, 0.25) is 0 Å². The van der Waals surface area contributed by atoms with E-state index in [1.807, 2.05) is 36.4 Å². The van der Waals surface area contributed by atoms with Crippen LogP contribution in [0.3, 0.4) is 0 Å². The number of hydrogen-bond donors (Lipinski definition) is 1. The summed E-state index contributed by atoms with van der Waals surface area (Å²) >= 11 is 14.7. The van der Waals surface area contributed by atoms with Gasteiger partial charge in [0.15, 0.2) is 9.75 Å². The molecule has 224 valence electrons. The quantitative estimate of drug-likeness (QED) is 0.229. The van der Waals surface area contributed by atoms with Crippen LogP contribution in [0.15, 0.2) is 84.4 Å². The van der Waals surface area contributed by atoms with Crippen molar-refractivity contribution in [2.45, 2.75) is 42.0 Å². The molecule has 1 N–H and O–H groups in total. The Kier molecular flexibility index (Phi) is 6.54. The number of carbonyl (C=O) groups is 4. The molecule has 4 aliphatic rings. The SMILES string of the molecule is Cc1cccc(C2C3=CCC4C(=O)N(Cc5ccccc5)C(=O)C4C3CC3(Cl)C(=O)N(c4ccc(F)cc4)C(=O)C23Cl)c1O. The van der Waals surface area contributed by atoms with Crippen molar-refractivity contribution in [1.29, 1.82) is 0 Å². The fourth-order valence-electron chi connectivity index (χ4n) is 7.65. The number of halogens is 3. The van der Waals surface area contributed by atoms with Crippen LogP contribution in [0.4, 0.5) is 10.1 Å². The molecule has 2 saturated heterocycles. The molecule has 6 unspecified atom stereocenters. The van der Waals surface area contributed by atoms with Gasteiger partial charge in [0.05, 0.1) is 24.1 Å². The maximum Gasteiger partial charge on any atom is 0.258 e. The number of aryl methyl sites for hydroxylation is 1. The van der Waals surface area contributed by atoms with E-state index >= 15 is 0 Å². The monoisotopic (exact) mass is 632 g/mol. The highest BCUT2D eigenvalue weighted by atomic mass is 35.5. The Bertz CT molecular complexity index is 1780. The Morgan fingerprint density at radius 2 is 1.59 bits per heavy atom. The molecule has 3 fully saturated rings. The molecular weight excluding hydrogens is 606 g/mol. The van der Waals surface area contributed by atoms with Gasteiger partial charge in [-0.3, -0.25) is 24.1 Å². The summed E-state index contributed by atoms with van der Waals surface area (Å²) in [5.74, 6) is -6.28. The van der Waals surface area contributed by atoms with E-state index in [-0.39, 0.29) is 42.6 Å². The van der Waals surface area contributed by atoms with E-state index in [4.69, 9.17) is 23.2 Å². The number of nitrogens with zero attached hydrogens (tertiary/aromatic N) is 2. The lowest BCUT2D eigenvalue weighted by Gasteiger charge is -2.50. The van der Waals surface area contributed by atoms with Gasteiger partial charge in [0.2, 0.25) is 11.8 Å². The van der Waals surface area contributed by atoms with E-state index in [1.165, 1.54) is 17.0 Å². The van der Waals surface area contributed by atoms with Crippen LogP contribution >= 0.6 is 23.2 Å². The number of hydrogen-bond acceptors (Lipinski definition) is 5. The number of benzene rings is 3. The average Bonchev–Trinajstić information content (AvgIpc) is 3.33. The molecule has 7 rings (SSSR count). The largest absolute Gasteiger partial charge is 0.507 e. The second kappa shape index (κ2) is 10.0. The van der Waals surface area contributed by atoms with E-state index in [1.54, 1.807) is 25.1 Å². The molecule has 0 aromatic heterocycles. The van der Waals surface area contributed by atoms with E-state index < -0.39 is 51.1 Å². The zero-order valence-corrected chi connectivity index (χ0v) is 25.1. The maximum atomic E-state index is 14.4. The summed E-state index contributed by atoms with van der Waals surface area (Å²) in [7, 11) is 0. The summed E-state index contributed by atoms with van der Waals surface area (Å²) < 4.78 is 13.8. The molecule has 7 nitrogen and oxygen atoms in total. The normalized spacial score (nSPS) is 31.1. The molecule has 2 heterocycles. The summed E-state index contributed by atoms with van der Waals surface area (Å²) in [6.45, 7) is 1.81. The van der Waals surface area contributed by atoms with Gasteiger partial charge in [-0.25, -0.2) is 9.29 Å². The van der Waals surface area contributed by atoms with Crippen molar-refractivity contribution in [2.24, 2.45) is 17.8 Å². The smallest absolute Gasteiger partial charge is 0.258 e. The van der Waals surface area contributed by atoms with Crippen molar-refractivity contribution < 1.29 is 28.7 Å². The number of fused-ring (bicyclic) bond motifs is 4. The van der Waals surface area contributed by atoms with Crippen LogP contribution in [0.1, 0.15) is 35.4 Å². The second-order valence-corrected chi connectivity index (χ2v) is 13.3. The summed E-state index contributed by atoms with van der Waals surface area (Å²) in [6, 6.07) is 19.1. The summed E-state index contributed by atoms with van der Waals surface area (Å²) in [4.78, 5) is 54.3. The standard InChI is InChI=1S/C34H27Cl2FN2O5/c1-18-6-5-9-24(28(18)40)27-22-14-15-23-26(30(42)38(29(23)41)17-19-7-3-2-4-8-19)25(22)16-33(35)31(43)39(32(44)34(27,33)36)21-12-10-20(37)11-13-21/h2-14,23,25-27,40H,15-17H2,1H3. The van der Waals surface area contributed by atoms with Crippen LogP contribution in [-0.2, 0) is 25.7 Å². The van der Waals surface area contributed by atoms with Gasteiger partial charge < -0.3 is 5.11 Å². The fourth-order valence-corrected chi connectivity index (χ4v) is 8.57. The number of phenolic OH excluding ortho intramolecular Hbond substituents is 1. The minimum Gasteiger partial charge on any atom is -0.507 e. The molecule has 2 aliphatic heterocycles. The number of anilines is 1. The van der Waals surface area contributed by atoms with E-state index in [0.29, 0.717) is 16.7 Å². The molecule has 3 aromatic rings. The molecule has 10 heteroatoms. The first kappa shape index (κ1) is 28.7. The summed E-state index contributed by atoms with van der Waals surface area (Å²) in [5.41, 5.74) is 2.29. The molecule has 44 heavy (non-hydrogen) atoms. The molecule has 3 aromatic carbocycles. The molecule has 2 aliphatic carbocycles. The van der Waals surface area contributed by atoms with Gasteiger partial charge >= 0.3 is 0 Å². The van der Waals surface area contributed by atoms with Crippen molar-refractivity contribution in [2.75, 3.05) is 4.90 Å². The highest BCUT2D eigenvalue weighted by molar-refractivity contribution is 6.58. The number of rotatable bonds is 4. The lowest BCUT2D eigenvalue weighted by Crippen LogP contribution is -2.60. The van der Waals surface area contributed by atoms with E-state index in [0.717, 1.165) is 22.6 Å². The van der Waals surface area contributed by atoms with Gasteiger partial charge in [0, 0.05) is 11.5 Å². The Hall–Kier alpha value is -4.01. The lowest BCUT2D eigenvalue weighted by molar-refractivity contribution is -0.141. The first-order valence-electron chi connectivity index (χ1n) is 14.4. The third-order valence-electron chi connectivity index (χ3n) is 9.75. The Morgan fingerprint density at radius 3 is 2.30 bits per heavy atom. The van der Waals surface area contributed by atoms with Gasteiger partial charge in [0.25, 0.3) is 11.8 Å². The van der Waals surface area contributed by atoms with Crippen LogP contribution in [0.25, 0.3) is 0 Å². The minimum atomic E-state index is -2.10. The topological polar surface area (TPSA) is 95.0 Å². The van der Waals surface area contributed by atoms with Crippen LogP contribution in [0.5, 0.6) is 5.75 Å². The third-order valence-corrected chi connectivity index (χ3v) is 11.2. The Labute approximate surface area is 262 Å². The van der Waals surface area contributed by atoms with Crippen molar-refractivity contribution >= 4 is 52.5 Å². The van der Waals surface area contributed by atoms with Crippen LogP contribution in [-0.4, -0.2) is 43.4 Å². The number of para-hydroxylation sites is 1. The molecule has 4 amide bonds. The minimum absolute atomic E-state index is 0.0963. The molecule has 0 radical (unpaired) electrons. The number of imide groups is 2. The molecule has 0 spiro atoms. The highest BCUT2D eigenvalue weighted by Crippen LogP contribution is 2.66. The van der Waals surface area contributed by atoms with E-state index in [2.05, 4.69) is 0 Å². The summed E-state index contributed by atoms with van der Waals surface area (Å²) in [6.07, 6.45) is 1.87. The van der Waals surface area contributed by atoms with Gasteiger partial charge in [-0.05, 0) is 61.1 Å². The predicted molar refractivity (Wildman–Crippen MR) is 161 cm³/mol. The zero-order chi connectivity index (χ0) is 31.1. The van der Waals surface area contributed by atoms with Gasteiger partial charge in [-0.1, -0.05) is 60.2 Å². The van der Waals surface area contributed by atoms with Gasteiger partial charge in [0.1, 0.15) is 11.6 Å². The third kappa shape index (κ3) is 3.80. The first-order chi connectivity index (χ1) is 21.0. The van der Waals surface area contributed by atoms with Crippen molar-refractivity contribution in [1.82, 2.24) is 4.90 Å². The molecule has 6 atom stereocenters. The zero-order valence-electron chi connectivity index (χ0n) is 23.5. The van der Waals surface area contributed by atoms with Crippen LogP contribution in [0, 0.1) is 30.5 Å². The van der Waals surface area contributed by atoms with Gasteiger partial charge in [-0.2, -0.15) is 0 Å². The number of amides is 4. The van der Waals surface area contributed by atoms with E-state index in [9.17, 15) is 28.7 Å². The van der Waals surface area contributed by atoms with Crippen molar-refractivity contribution in [3.63, 3.8) is 0 Å². The van der Waals surface area contributed by atoms with Gasteiger partial charge in [-0.15, -0.1) is 23.2 Å². The fraction of sp³-hybridized carbons (Fsp3) is 0.294. The molecular formula is C34H27Cl2FN2O5. The number of alkyl halides is 2. The Morgan fingerprint density at radius 1 is 0.886 bits per heavy atom. The summed E-state index contributed by atoms with van der Waals surface area (Å²) in [5, 5.41) is 11.3. The van der Waals surface area contributed by atoms with Crippen LogP contribution < -0.4 is 4.90 Å². The second-order valence-electron chi connectivity index (χ2n) is 12.0. The highest BCUT2D eigenvalue weighted by Gasteiger charge is 2.76. The van der Waals surface area contributed by atoms with Crippen molar-refractivity contribution in [3.05, 3.63) is 107 Å². The lowest BCUT2D eigenvalue weighted by atomic mass is 9.56. The predicted octanol–water partition coefficient (Wildman–Crippen LogP) is 5.60. The number of aromatic hydroxyl groups is 1. The number of carbonyl (C=O) groups excluding carboxylic acids is 4. The average molecular weight is 634 g/mol.